The number of hydrogen-bond acceptors (Lipinski definition) is 0. The van der Waals surface area contributed by atoms with Crippen LogP contribution in [0, 0.1) is 0 Å². The molecule has 0 heterocycles. The highest BCUT2D eigenvalue weighted by molar-refractivity contribution is 6.13. The lowest BCUT2D eigenvalue weighted by molar-refractivity contribution is 1.27. The summed E-state index contributed by atoms with van der Waals surface area (Å²) in [6.45, 7) is 6.52. The fraction of sp³-hybridized carbons (Fsp3) is 0.0385. The normalized spacial score (nSPS) is 12.7. The van der Waals surface area contributed by atoms with E-state index in [-0.39, 0.29) is 0 Å². The summed E-state index contributed by atoms with van der Waals surface area (Å²) in [5.74, 6) is 0. The predicted octanol–water partition coefficient (Wildman–Crippen LogP) is 14.5. The largest absolute Gasteiger partial charge is 0.0984 e. The van der Waals surface area contributed by atoms with Crippen molar-refractivity contribution in [2.75, 3.05) is 0 Å². The quantitative estimate of drug-likeness (QED) is 0.166. The lowest BCUT2D eigenvalue weighted by atomic mass is 9.82. The molecule has 0 N–H and O–H groups in total. The van der Waals surface area contributed by atoms with Crippen molar-refractivity contribution >= 4 is 56.1 Å². The average Bonchev–Trinajstić information content (AvgIpc) is 3.43. The van der Waals surface area contributed by atoms with Crippen molar-refractivity contribution in [2.24, 2.45) is 0 Å². The standard InChI is InChI=1S/C52H38/c1-3-11-48-47(4-2)51(41-26-22-39(23-27-41)44-28-24-37-14-7-9-16-42(37)32-44)49-31-30-45(40-20-18-35-12-5-6-13-36(35)19-21-40)34-50(49)52(48)46-29-25-38-15-8-10-17-43(38)33-46/h3-18,20-34H,2,19H2,1H3/b11-3-. The van der Waals surface area contributed by atoms with Gasteiger partial charge in [0.1, 0.15) is 0 Å². The maximum Gasteiger partial charge on any atom is -0.00261 e. The van der Waals surface area contributed by atoms with Crippen molar-refractivity contribution in [2.45, 2.75) is 13.3 Å². The molecule has 246 valence electrons. The van der Waals surface area contributed by atoms with Crippen LogP contribution in [-0.2, 0) is 6.42 Å². The second-order valence-electron chi connectivity index (χ2n) is 13.6. The summed E-state index contributed by atoms with van der Waals surface area (Å²) < 4.78 is 0. The molecule has 0 unspecified atom stereocenters. The predicted molar refractivity (Wildman–Crippen MR) is 227 cm³/mol. The van der Waals surface area contributed by atoms with Crippen LogP contribution in [0.15, 0.2) is 176 Å². The Bertz CT molecular complexity index is 2770. The minimum absolute atomic E-state index is 0.905. The first-order chi connectivity index (χ1) is 25.7. The third kappa shape index (κ3) is 5.60. The number of fused-ring (bicyclic) bond motifs is 4. The Balaban J connectivity index is 1.27. The Labute approximate surface area is 306 Å². The van der Waals surface area contributed by atoms with Crippen LogP contribution in [-0.4, -0.2) is 0 Å². The van der Waals surface area contributed by atoms with Gasteiger partial charge in [-0.15, -0.1) is 0 Å². The molecule has 1 aliphatic rings. The molecule has 0 heteroatoms. The number of hydrogen-bond donors (Lipinski definition) is 0. The third-order valence-corrected chi connectivity index (χ3v) is 10.6. The van der Waals surface area contributed by atoms with Gasteiger partial charge in [0.25, 0.3) is 0 Å². The fourth-order valence-corrected chi connectivity index (χ4v) is 7.99. The van der Waals surface area contributed by atoms with Crippen molar-refractivity contribution < 1.29 is 0 Å². The van der Waals surface area contributed by atoms with Gasteiger partial charge in [0.05, 0.1) is 0 Å². The average molecular weight is 663 g/mol. The van der Waals surface area contributed by atoms with Gasteiger partial charge in [0, 0.05) is 0 Å². The van der Waals surface area contributed by atoms with Crippen LogP contribution in [0.3, 0.4) is 0 Å². The molecular formula is C52H38. The number of rotatable bonds is 6. The summed E-state index contributed by atoms with van der Waals surface area (Å²) in [6.07, 6.45) is 14.3. The van der Waals surface area contributed by atoms with E-state index in [1.165, 1.54) is 93.5 Å². The summed E-state index contributed by atoms with van der Waals surface area (Å²) in [4.78, 5) is 0. The van der Waals surface area contributed by atoms with Gasteiger partial charge < -0.3 is 0 Å². The summed E-state index contributed by atoms with van der Waals surface area (Å²) in [7, 11) is 0. The molecule has 8 aromatic rings. The molecule has 0 nitrogen and oxygen atoms in total. The van der Waals surface area contributed by atoms with Crippen LogP contribution in [0.4, 0.5) is 0 Å². The first kappa shape index (κ1) is 31.5. The summed E-state index contributed by atoms with van der Waals surface area (Å²) in [6, 6.07) is 55.6. The molecule has 0 aromatic heterocycles. The van der Waals surface area contributed by atoms with E-state index in [2.05, 4.69) is 196 Å². The van der Waals surface area contributed by atoms with E-state index in [0.29, 0.717) is 0 Å². The fourth-order valence-electron chi connectivity index (χ4n) is 7.99. The van der Waals surface area contributed by atoms with E-state index in [4.69, 9.17) is 0 Å². The molecular weight excluding hydrogens is 625 g/mol. The molecule has 1 aliphatic carbocycles. The molecule has 52 heavy (non-hydrogen) atoms. The van der Waals surface area contributed by atoms with Crippen molar-refractivity contribution in [1.82, 2.24) is 0 Å². The molecule has 0 bridgehead atoms. The van der Waals surface area contributed by atoms with Crippen molar-refractivity contribution in [3.63, 3.8) is 0 Å². The van der Waals surface area contributed by atoms with Gasteiger partial charge in [0.2, 0.25) is 0 Å². The topological polar surface area (TPSA) is 0 Å². The zero-order valence-electron chi connectivity index (χ0n) is 29.3. The molecule has 0 amide bonds. The monoisotopic (exact) mass is 662 g/mol. The van der Waals surface area contributed by atoms with Gasteiger partial charge in [-0.25, -0.2) is 0 Å². The van der Waals surface area contributed by atoms with Crippen LogP contribution in [0.1, 0.15) is 34.7 Å². The van der Waals surface area contributed by atoms with Gasteiger partial charge in [-0.3, -0.25) is 0 Å². The molecule has 9 rings (SSSR count). The Kier molecular flexibility index (Phi) is 8.07. The molecule has 8 aromatic carbocycles. The van der Waals surface area contributed by atoms with Gasteiger partial charge >= 0.3 is 0 Å². The Morgan fingerprint density at radius 1 is 0.481 bits per heavy atom. The van der Waals surface area contributed by atoms with Crippen molar-refractivity contribution in [3.05, 3.63) is 204 Å². The zero-order valence-corrected chi connectivity index (χ0v) is 29.3. The second kappa shape index (κ2) is 13.3. The maximum atomic E-state index is 4.41. The lowest BCUT2D eigenvalue weighted by Crippen LogP contribution is -1.97. The van der Waals surface area contributed by atoms with Crippen LogP contribution in [0.2, 0.25) is 0 Å². The highest BCUT2D eigenvalue weighted by atomic mass is 14.2. The van der Waals surface area contributed by atoms with Crippen LogP contribution in [0.5, 0.6) is 0 Å². The Hall–Kier alpha value is -6.50. The molecule has 0 saturated carbocycles. The van der Waals surface area contributed by atoms with E-state index in [1.807, 2.05) is 6.08 Å². The highest BCUT2D eigenvalue weighted by Gasteiger charge is 2.20. The minimum Gasteiger partial charge on any atom is -0.0984 e. The molecule has 0 atom stereocenters. The number of benzene rings is 8. The van der Waals surface area contributed by atoms with Crippen LogP contribution >= 0.6 is 0 Å². The number of allylic oxidation sites excluding steroid dienone is 4. The van der Waals surface area contributed by atoms with Crippen LogP contribution < -0.4 is 0 Å². The van der Waals surface area contributed by atoms with E-state index in [9.17, 15) is 0 Å². The Morgan fingerprint density at radius 2 is 1.08 bits per heavy atom. The lowest BCUT2D eigenvalue weighted by Gasteiger charge is -2.21. The van der Waals surface area contributed by atoms with Crippen molar-refractivity contribution in [1.29, 1.82) is 0 Å². The van der Waals surface area contributed by atoms with Gasteiger partial charge in [-0.1, -0.05) is 176 Å². The highest BCUT2D eigenvalue weighted by Crippen LogP contribution is 2.45. The molecule has 0 saturated heterocycles. The van der Waals surface area contributed by atoms with Gasteiger partial charge in [-0.05, 0) is 131 Å². The van der Waals surface area contributed by atoms with Crippen molar-refractivity contribution in [3.8, 4) is 33.4 Å². The van der Waals surface area contributed by atoms with E-state index in [1.54, 1.807) is 0 Å². The Morgan fingerprint density at radius 3 is 1.81 bits per heavy atom. The SMILES string of the molecule is C=Cc1c(/C=C\C)c(-c2ccc3ccccc3c2)c2cc(C3=CCc4ccccc4C=C3)ccc2c1-c1ccc(-c2ccc3ccccc3c2)cc1. The molecule has 0 radical (unpaired) electrons. The molecule has 0 fully saturated rings. The van der Waals surface area contributed by atoms with E-state index in [0.717, 1.165) is 12.0 Å². The van der Waals surface area contributed by atoms with Gasteiger partial charge in [0.15, 0.2) is 0 Å². The summed E-state index contributed by atoms with van der Waals surface area (Å²) in [5, 5.41) is 7.43. The molecule has 0 aliphatic heterocycles. The van der Waals surface area contributed by atoms with Crippen LogP contribution in [0.25, 0.3) is 89.5 Å². The summed E-state index contributed by atoms with van der Waals surface area (Å²) >= 11 is 0. The minimum atomic E-state index is 0.905. The van der Waals surface area contributed by atoms with E-state index < -0.39 is 0 Å². The smallest absolute Gasteiger partial charge is 0.00261 e. The third-order valence-electron chi connectivity index (χ3n) is 10.6. The zero-order chi connectivity index (χ0) is 35.0. The first-order valence-electron chi connectivity index (χ1n) is 18.1. The van der Waals surface area contributed by atoms with E-state index >= 15 is 0 Å². The first-order valence-corrected chi connectivity index (χ1v) is 18.1. The second-order valence-corrected chi connectivity index (χ2v) is 13.6. The van der Waals surface area contributed by atoms with Gasteiger partial charge in [-0.2, -0.15) is 0 Å². The maximum absolute atomic E-state index is 4.41. The summed E-state index contributed by atoms with van der Waals surface area (Å²) in [5.41, 5.74) is 14.7. The molecule has 0 spiro atoms.